The first-order chi connectivity index (χ1) is 9.47. The maximum absolute atomic E-state index is 10.6. The molecule has 0 spiro atoms. The Morgan fingerprint density at radius 3 is 2.65 bits per heavy atom. The number of nitrogens with zero attached hydrogens (tertiary/aromatic N) is 4. The van der Waals surface area contributed by atoms with Crippen molar-refractivity contribution in [2.45, 2.75) is 51.2 Å². The molecule has 0 unspecified atom stereocenters. The first-order valence-corrected chi connectivity index (χ1v) is 7.96. The summed E-state index contributed by atoms with van der Waals surface area (Å²) in [6, 6.07) is 0.340. The number of carboxylic acids is 1. The van der Waals surface area contributed by atoms with Crippen molar-refractivity contribution in [3.05, 3.63) is 0 Å². The SMILES string of the molecule is CCCCCN(c1nnc(SCC(=O)O)n1C)C(C)C. The Balaban J connectivity index is 2.78. The highest BCUT2D eigenvalue weighted by atomic mass is 32.2. The summed E-state index contributed by atoms with van der Waals surface area (Å²) < 4.78 is 1.87. The Kier molecular flexibility index (Phi) is 6.84. The average Bonchev–Trinajstić information content (AvgIpc) is 2.73. The Morgan fingerprint density at radius 1 is 1.40 bits per heavy atom. The van der Waals surface area contributed by atoms with Crippen LogP contribution in [-0.2, 0) is 11.8 Å². The molecule has 1 N–H and O–H groups in total. The fourth-order valence-electron chi connectivity index (χ4n) is 1.93. The zero-order valence-corrected chi connectivity index (χ0v) is 13.5. The van der Waals surface area contributed by atoms with Crippen LogP contribution in [-0.4, -0.2) is 44.2 Å². The molecule has 1 heterocycles. The lowest BCUT2D eigenvalue weighted by Crippen LogP contribution is -2.34. The van der Waals surface area contributed by atoms with Crippen LogP contribution in [0.5, 0.6) is 0 Å². The van der Waals surface area contributed by atoms with E-state index in [0.717, 1.165) is 18.9 Å². The van der Waals surface area contributed by atoms with E-state index in [2.05, 4.69) is 35.9 Å². The lowest BCUT2D eigenvalue weighted by molar-refractivity contribution is -0.133. The van der Waals surface area contributed by atoms with Crippen LogP contribution in [0.25, 0.3) is 0 Å². The van der Waals surface area contributed by atoms with E-state index >= 15 is 0 Å². The number of rotatable bonds is 9. The van der Waals surface area contributed by atoms with Gasteiger partial charge in [-0.15, -0.1) is 10.2 Å². The van der Waals surface area contributed by atoms with Crippen molar-refractivity contribution in [3.63, 3.8) is 0 Å². The lowest BCUT2D eigenvalue weighted by Gasteiger charge is -2.27. The van der Waals surface area contributed by atoms with E-state index in [1.165, 1.54) is 24.6 Å². The van der Waals surface area contributed by atoms with Crippen molar-refractivity contribution in [3.8, 4) is 0 Å². The van der Waals surface area contributed by atoms with Gasteiger partial charge < -0.3 is 10.0 Å². The van der Waals surface area contributed by atoms with Crippen LogP contribution in [0.3, 0.4) is 0 Å². The van der Waals surface area contributed by atoms with E-state index in [0.29, 0.717) is 11.2 Å². The topological polar surface area (TPSA) is 71.2 Å². The van der Waals surface area contributed by atoms with Gasteiger partial charge in [0.15, 0.2) is 5.16 Å². The molecular formula is C13H24N4O2S. The molecule has 0 aliphatic heterocycles. The molecule has 7 heteroatoms. The Hall–Kier alpha value is -1.24. The van der Waals surface area contributed by atoms with E-state index in [1.54, 1.807) is 0 Å². The van der Waals surface area contributed by atoms with Gasteiger partial charge in [-0.1, -0.05) is 31.5 Å². The first kappa shape index (κ1) is 16.8. The monoisotopic (exact) mass is 300 g/mol. The minimum absolute atomic E-state index is 0.00346. The molecule has 6 nitrogen and oxygen atoms in total. The number of carbonyl (C=O) groups is 1. The molecule has 1 aromatic rings. The Morgan fingerprint density at radius 2 is 2.10 bits per heavy atom. The first-order valence-electron chi connectivity index (χ1n) is 6.98. The van der Waals surface area contributed by atoms with E-state index in [1.807, 2.05) is 11.6 Å². The third-order valence-electron chi connectivity index (χ3n) is 3.02. The molecule has 20 heavy (non-hydrogen) atoms. The number of carboxylic acid groups (broad SMARTS) is 1. The van der Waals surface area contributed by atoms with E-state index in [4.69, 9.17) is 5.11 Å². The average molecular weight is 300 g/mol. The molecule has 0 aliphatic carbocycles. The fraction of sp³-hybridized carbons (Fsp3) is 0.769. The van der Waals surface area contributed by atoms with Gasteiger partial charge in [0.25, 0.3) is 0 Å². The van der Waals surface area contributed by atoms with Crippen molar-refractivity contribution in [2.75, 3.05) is 17.2 Å². The molecule has 1 aromatic heterocycles. The summed E-state index contributed by atoms with van der Waals surface area (Å²) >= 11 is 1.20. The number of hydrogen-bond acceptors (Lipinski definition) is 5. The number of thioether (sulfide) groups is 1. The predicted octanol–water partition coefficient (Wildman–Crippen LogP) is 2.40. The normalized spacial score (nSPS) is 11.1. The highest BCUT2D eigenvalue weighted by Crippen LogP contribution is 2.22. The zero-order valence-electron chi connectivity index (χ0n) is 12.7. The fourth-order valence-corrected chi connectivity index (χ4v) is 2.56. The largest absolute Gasteiger partial charge is 0.481 e. The molecule has 0 fully saturated rings. The van der Waals surface area contributed by atoms with Crippen molar-refractivity contribution < 1.29 is 9.90 Å². The molecule has 0 amide bonds. The quantitative estimate of drug-likeness (QED) is 0.558. The maximum Gasteiger partial charge on any atom is 0.313 e. The number of aromatic nitrogens is 3. The predicted molar refractivity (Wildman–Crippen MR) is 81.4 cm³/mol. The summed E-state index contributed by atoms with van der Waals surface area (Å²) in [6.07, 6.45) is 3.51. The second-order valence-electron chi connectivity index (χ2n) is 5.02. The summed E-state index contributed by atoms with van der Waals surface area (Å²) in [4.78, 5) is 12.8. The molecule has 1 rings (SSSR count). The second-order valence-corrected chi connectivity index (χ2v) is 5.96. The van der Waals surface area contributed by atoms with Crippen LogP contribution >= 0.6 is 11.8 Å². The van der Waals surface area contributed by atoms with Crippen molar-refractivity contribution >= 4 is 23.7 Å². The van der Waals surface area contributed by atoms with Gasteiger partial charge in [-0.2, -0.15) is 0 Å². The lowest BCUT2D eigenvalue weighted by atomic mass is 10.2. The molecule has 114 valence electrons. The third kappa shape index (κ3) is 4.70. The minimum Gasteiger partial charge on any atom is -0.481 e. The van der Waals surface area contributed by atoms with Crippen LogP contribution < -0.4 is 4.90 Å². The van der Waals surface area contributed by atoms with Gasteiger partial charge in [0.1, 0.15) is 0 Å². The standard InChI is InChI=1S/C13H24N4O2S/c1-5-6-7-8-17(10(2)3)12-14-15-13(16(12)4)20-9-11(18)19/h10H,5-9H2,1-4H3,(H,18,19). The van der Waals surface area contributed by atoms with Crippen LogP contribution in [0.15, 0.2) is 5.16 Å². The Bertz CT molecular complexity index is 434. The highest BCUT2D eigenvalue weighted by Gasteiger charge is 2.18. The van der Waals surface area contributed by atoms with Gasteiger partial charge in [0.2, 0.25) is 5.95 Å². The molecule has 0 atom stereocenters. The third-order valence-corrected chi connectivity index (χ3v) is 4.02. The minimum atomic E-state index is -0.844. The smallest absolute Gasteiger partial charge is 0.313 e. The van der Waals surface area contributed by atoms with Crippen molar-refractivity contribution in [1.82, 2.24) is 14.8 Å². The van der Waals surface area contributed by atoms with Crippen LogP contribution in [0.1, 0.15) is 40.0 Å². The molecule has 0 aromatic carbocycles. The van der Waals surface area contributed by atoms with Crippen LogP contribution in [0.2, 0.25) is 0 Å². The molecule has 0 saturated heterocycles. The van der Waals surface area contributed by atoms with Gasteiger partial charge in [0.05, 0.1) is 5.75 Å². The summed E-state index contributed by atoms with van der Waals surface area (Å²) in [5.41, 5.74) is 0. The van der Waals surface area contributed by atoms with Crippen LogP contribution in [0.4, 0.5) is 5.95 Å². The van der Waals surface area contributed by atoms with Gasteiger partial charge in [-0.05, 0) is 20.3 Å². The molecule has 0 radical (unpaired) electrons. The van der Waals surface area contributed by atoms with Gasteiger partial charge in [0, 0.05) is 19.6 Å². The maximum atomic E-state index is 10.6. The number of anilines is 1. The molecule has 0 aliphatic rings. The summed E-state index contributed by atoms with van der Waals surface area (Å²) in [7, 11) is 1.88. The summed E-state index contributed by atoms with van der Waals surface area (Å²) in [5, 5.41) is 17.7. The number of unbranched alkanes of at least 4 members (excludes halogenated alkanes) is 2. The summed E-state index contributed by atoms with van der Waals surface area (Å²) in [5.74, 6) is -0.0315. The zero-order chi connectivity index (χ0) is 15.1. The van der Waals surface area contributed by atoms with E-state index in [9.17, 15) is 4.79 Å². The van der Waals surface area contributed by atoms with Crippen molar-refractivity contribution in [1.29, 1.82) is 0 Å². The molecule has 0 saturated carbocycles. The number of aliphatic carboxylic acids is 1. The molecule has 0 bridgehead atoms. The van der Waals surface area contributed by atoms with Gasteiger partial charge >= 0.3 is 5.97 Å². The van der Waals surface area contributed by atoms with Crippen LogP contribution in [0, 0.1) is 0 Å². The van der Waals surface area contributed by atoms with Gasteiger partial charge in [-0.3, -0.25) is 9.36 Å². The van der Waals surface area contributed by atoms with E-state index in [-0.39, 0.29) is 5.75 Å². The Labute approximate surface area is 124 Å². The molecular weight excluding hydrogens is 276 g/mol. The highest BCUT2D eigenvalue weighted by molar-refractivity contribution is 7.99. The van der Waals surface area contributed by atoms with Crippen molar-refractivity contribution in [2.24, 2.45) is 7.05 Å². The van der Waals surface area contributed by atoms with Gasteiger partial charge in [-0.25, -0.2) is 0 Å². The van der Waals surface area contributed by atoms with E-state index < -0.39 is 5.97 Å². The summed E-state index contributed by atoms with van der Waals surface area (Å²) in [6.45, 7) is 7.39. The second kappa shape index (κ2) is 8.14. The number of hydrogen-bond donors (Lipinski definition) is 1.